The molecule has 3 heteroatoms. The van der Waals surface area contributed by atoms with E-state index in [2.05, 4.69) is 6.92 Å². The molecular formula is C12H15ClO2. The van der Waals surface area contributed by atoms with Gasteiger partial charge in [0.05, 0.1) is 19.8 Å². The first-order valence-corrected chi connectivity index (χ1v) is 5.44. The van der Waals surface area contributed by atoms with E-state index in [9.17, 15) is 0 Å². The summed E-state index contributed by atoms with van der Waals surface area (Å²) in [7, 11) is 0. The molecule has 1 aliphatic rings. The fraction of sp³-hybridized carbons (Fsp3) is 0.500. The number of ether oxygens (including phenoxy) is 2. The average Bonchev–Trinajstić information content (AvgIpc) is 2.17. The lowest BCUT2D eigenvalue weighted by molar-refractivity contribution is -0.120. The van der Waals surface area contributed by atoms with E-state index in [-0.39, 0.29) is 5.41 Å². The highest BCUT2D eigenvalue weighted by Gasteiger charge is 2.34. The molecule has 0 unspecified atom stereocenters. The van der Waals surface area contributed by atoms with E-state index in [1.807, 2.05) is 25.1 Å². The Hall–Kier alpha value is -0.730. The van der Waals surface area contributed by atoms with Crippen LogP contribution in [0.1, 0.15) is 12.5 Å². The summed E-state index contributed by atoms with van der Waals surface area (Å²) in [5, 5.41) is 0.752. The number of halogens is 1. The van der Waals surface area contributed by atoms with Crippen LogP contribution in [0, 0.1) is 12.3 Å². The monoisotopic (exact) mass is 226 g/mol. The first-order chi connectivity index (χ1) is 7.09. The van der Waals surface area contributed by atoms with Gasteiger partial charge in [0.2, 0.25) is 0 Å². The first kappa shape index (κ1) is 10.8. The molecule has 1 saturated heterocycles. The third kappa shape index (κ3) is 2.44. The van der Waals surface area contributed by atoms with E-state index in [1.54, 1.807) is 0 Å². The van der Waals surface area contributed by atoms with Crippen molar-refractivity contribution in [1.82, 2.24) is 0 Å². The fourth-order valence-electron chi connectivity index (χ4n) is 1.45. The summed E-state index contributed by atoms with van der Waals surface area (Å²) in [6, 6.07) is 5.78. The second-order valence-corrected chi connectivity index (χ2v) is 4.91. The van der Waals surface area contributed by atoms with Crippen molar-refractivity contribution in [3.63, 3.8) is 0 Å². The topological polar surface area (TPSA) is 18.5 Å². The van der Waals surface area contributed by atoms with Crippen LogP contribution >= 0.6 is 11.6 Å². The van der Waals surface area contributed by atoms with Crippen molar-refractivity contribution in [2.75, 3.05) is 19.8 Å². The summed E-state index contributed by atoms with van der Waals surface area (Å²) in [6.45, 7) is 6.39. The molecule has 1 aliphatic heterocycles. The van der Waals surface area contributed by atoms with Gasteiger partial charge in [-0.2, -0.15) is 0 Å². The lowest BCUT2D eigenvalue weighted by atomic mass is 9.90. The van der Waals surface area contributed by atoms with Gasteiger partial charge in [-0.05, 0) is 24.6 Å². The maximum atomic E-state index is 6.01. The molecule has 2 rings (SSSR count). The minimum Gasteiger partial charge on any atom is -0.493 e. The van der Waals surface area contributed by atoms with E-state index >= 15 is 0 Å². The van der Waals surface area contributed by atoms with Crippen molar-refractivity contribution in [3.05, 3.63) is 28.8 Å². The molecule has 0 aliphatic carbocycles. The van der Waals surface area contributed by atoms with Crippen molar-refractivity contribution in [1.29, 1.82) is 0 Å². The third-order valence-electron chi connectivity index (χ3n) is 2.63. The second-order valence-electron chi connectivity index (χ2n) is 4.50. The first-order valence-electron chi connectivity index (χ1n) is 5.06. The van der Waals surface area contributed by atoms with Gasteiger partial charge in [-0.25, -0.2) is 0 Å². The van der Waals surface area contributed by atoms with Gasteiger partial charge in [-0.3, -0.25) is 0 Å². The van der Waals surface area contributed by atoms with Crippen molar-refractivity contribution >= 4 is 11.6 Å². The minimum atomic E-state index is 0.178. The quantitative estimate of drug-likeness (QED) is 0.789. The Morgan fingerprint density at radius 3 is 2.73 bits per heavy atom. The summed E-state index contributed by atoms with van der Waals surface area (Å²) >= 11 is 6.01. The van der Waals surface area contributed by atoms with Crippen LogP contribution in [0.4, 0.5) is 0 Å². The zero-order valence-corrected chi connectivity index (χ0v) is 9.80. The zero-order chi connectivity index (χ0) is 10.9. The minimum absolute atomic E-state index is 0.178. The van der Waals surface area contributed by atoms with Crippen molar-refractivity contribution in [2.24, 2.45) is 5.41 Å². The Bertz CT molecular complexity index is 359. The van der Waals surface area contributed by atoms with Gasteiger partial charge in [0, 0.05) is 10.4 Å². The van der Waals surface area contributed by atoms with Gasteiger partial charge >= 0.3 is 0 Å². The molecule has 2 nitrogen and oxygen atoms in total. The van der Waals surface area contributed by atoms with E-state index in [0.29, 0.717) is 6.61 Å². The Morgan fingerprint density at radius 1 is 1.47 bits per heavy atom. The highest BCUT2D eigenvalue weighted by Crippen LogP contribution is 2.28. The van der Waals surface area contributed by atoms with Crippen LogP contribution < -0.4 is 4.74 Å². The zero-order valence-electron chi connectivity index (χ0n) is 9.05. The molecule has 0 bridgehead atoms. The van der Waals surface area contributed by atoms with Crippen LogP contribution in [0.3, 0.4) is 0 Å². The standard InChI is InChI=1S/C12H15ClO2/c1-9-3-4-10(5-11(9)13)15-8-12(2)6-14-7-12/h3-5H,6-8H2,1-2H3. The Balaban J connectivity index is 1.96. The maximum Gasteiger partial charge on any atom is 0.120 e. The van der Waals surface area contributed by atoms with Gasteiger partial charge in [-0.15, -0.1) is 0 Å². The van der Waals surface area contributed by atoms with Crippen molar-refractivity contribution in [2.45, 2.75) is 13.8 Å². The molecular weight excluding hydrogens is 212 g/mol. The number of hydrogen-bond acceptors (Lipinski definition) is 2. The summed E-state index contributed by atoms with van der Waals surface area (Å²) in [4.78, 5) is 0. The fourth-order valence-corrected chi connectivity index (χ4v) is 1.63. The SMILES string of the molecule is Cc1ccc(OCC2(C)COC2)cc1Cl. The predicted octanol–water partition coefficient (Wildman–Crippen LogP) is 3.06. The normalized spacial score (nSPS) is 18.3. The number of benzene rings is 1. The van der Waals surface area contributed by atoms with E-state index < -0.39 is 0 Å². The molecule has 0 amide bonds. The highest BCUT2D eigenvalue weighted by molar-refractivity contribution is 6.31. The highest BCUT2D eigenvalue weighted by atomic mass is 35.5. The lowest BCUT2D eigenvalue weighted by Gasteiger charge is -2.37. The number of rotatable bonds is 3. The van der Waals surface area contributed by atoms with Crippen LogP contribution in [0.25, 0.3) is 0 Å². The molecule has 1 heterocycles. The van der Waals surface area contributed by atoms with E-state index in [1.165, 1.54) is 0 Å². The Morgan fingerprint density at radius 2 is 2.20 bits per heavy atom. The Labute approximate surface area is 95.1 Å². The molecule has 15 heavy (non-hydrogen) atoms. The molecule has 1 fully saturated rings. The van der Waals surface area contributed by atoms with Gasteiger partial charge in [0.1, 0.15) is 5.75 Å². The van der Waals surface area contributed by atoms with Gasteiger partial charge in [0.25, 0.3) is 0 Å². The third-order valence-corrected chi connectivity index (χ3v) is 3.04. The summed E-state index contributed by atoms with van der Waals surface area (Å²) in [5.41, 5.74) is 1.25. The van der Waals surface area contributed by atoms with Gasteiger partial charge in [0.15, 0.2) is 0 Å². The molecule has 1 aromatic carbocycles. The molecule has 0 saturated carbocycles. The van der Waals surface area contributed by atoms with Crippen LogP contribution in [0.5, 0.6) is 5.75 Å². The number of hydrogen-bond donors (Lipinski definition) is 0. The molecule has 0 atom stereocenters. The molecule has 0 aromatic heterocycles. The van der Waals surface area contributed by atoms with Gasteiger partial charge in [-0.1, -0.05) is 24.6 Å². The van der Waals surface area contributed by atoms with Gasteiger partial charge < -0.3 is 9.47 Å². The molecule has 82 valence electrons. The summed E-state index contributed by atoms with van der Waals surface area (Å²) in [6.07, 6.45) is 0. The van der Waals surface area contributed by atoms with Crippen LogP contribution in [0.2, 0.25) is 5.02 Å². The molecule has 1 aromatic rings. The van der Waals surface area contributed by atoms with Crippen LogP contribution in [-0.2, 0) is 4.74 Å². The summed E-state index contributed by atoms with van der Waals surface area (Å²) < 4.78 is 10.8. The summed E-state index contributed by atoms with van der Waals surface area (Å²) in [5.74, 6) is 0.832. The maximum absolute atomic E-state index is 6.01. The average molecular weight is 227 g/mol. The van der Waals surface area contributed by atoms with Crippen molar-refractivity contribution in [3.8, 4) is 5.75 Å². The molecule has 0 spiro atoms. The number of aryl methyl sites for hydroxylation is 1. The van der Waals surface area contributed by atoms with Crippen LogP contribution in [0.15, 0.2) is 18.2 Å². The predicted molar refractivity (Wildman–Crippen MR) is 60.6 cm³/mol. The van der Waals surface area contributed by atoms with E-state index in [0.717, 1.165) is 29.5 Å². The van der Waals surface area contributed by atoms with E-state index in [4.69, 9.17) is 21.1 Å². The lowest BCUT2D eigenvalue weighted by Crippen LogP contribution is -2.44. The molecule has 0 N–H and O–H groups in total. The largest absolute Gasteiger partial charge is 0.493 e. The van der Waals surface area contributed by atoms with Crippen molar-refractivity contribution < 1.29 is 9.47 Å². The van der Waals surface area contributed by atoms with Crippen LogP contribution in [-0.4, -0.2) is 19.8 Å². The molecule has 0 radical (unpaired) electrons. The smallest absolute Gasteiger partial charge is 0.120 e. The Kier molecular flexibility index (Phi) is 2.89. The second kappa shape index (κ2) is 4.03.